The fourth-order valence-electron chi connectivity index (χ4n) is 1.63. The van der Waals surface area contributed by atoms with Crippen LogP contribution in [0.3, 0.4) is 0 Å². The molecule has 2 atom stereocenters. The SMILES string of the molecule is CCC(Oc1ccc(C)cc1[C@H](C)N)C(N)=O. The molecule has 94 valence electrons. The average Bonchev–Trinajstić information content (AvgIpc) is 2.26. The first-order valence-electron chi connectivity index (χ1n) is 5.77. The van der Waals surface area contributed by atoms with Gasteiger partial charge in [-0.3, -0.25) is 4.79 Å². The van der Waals surface area contributed by atoms with Crippen LogP contribution in [0, 0.1) is 6.92 Å². The van der Waals surface area contributed by atoms with Crippen molar-refractivity contribution in [3.05, 3.63) is 29.3 Å². The Hall–Kier alpha value is -1.55. The molecule has 0 saturated carbocycles. The Morgan fingerprint density at radius 3 is 2.59 bits per heavy atom. The minimum Gasteiger partial charge on any atom is -0.480 e. The fourth-order valence-corrected chi connectivity index (χ4v) is 1.63. The van der Waals surface area contributed by atoms with Crippen molar-refractivity contribution in [1.29, 1.82) is 0 Å². The van der Waals surface area contributed by atoms with Crippen LogP contribution in [0.25, 0.3) is 0 Å². The van der Waals surface area contributed by atoms with Crippen molar-refractivity contribution < 1.29 is 9.53 Å². The molecule has 4 nitrogen and oxygen atoms in total. The van der Waals surface area contributed by atoms with Crippen LogP contribution in [0.2, 0.25) is 0 Å². The Bertz CT molecular complexity index is 402. The highest BCUT2D eigenvalue weighted by molar-refractivity contribution is 5.79. The summed E-state index contributed by atoms with van der Waals surface area (Å²) in [6.07, 6.45) is -0.0584. The van der Waals surface area contributed by atoms with E-state index in [0.29, 0.717) is 12.2 Å². The first-order chi connectivity index (χ1) is 7.95. The maximum absolute atomic E-state index is 11.1. The molecule has 0 fully saturated rings. The molecule has 0 aliphatic heterocycles. The van der Waals surface area contributed by atoms with Crippen molar-refractivity contribution in [2.24, 2.45) is 11.5 Å². The van der Waals surface area contributed by atoms with Crippen molar-refractivity contribution >= 4 is 5.91 Å². The van der Waals surface area contributed by atoms with Gasteiger partial charge in [-0.15, -0.1) is 0 Å². The molecule has 1 aromatic rings. The molecule has 1 rings (SSSR count). The third-order valence-electron chi connectivity index (χ3n) is 2.61. The monoisotopic (exact) mass is 236 g/mol. The number of aryl methyl sites for hydroxylation is 1. The van der Waals surface area contributed by atoms with Crippen molar-refractivity contribution in [3.63, 3.8) is 0 Å². The van der Waals surface area contributed by atoms with E-state index in [2.05, 4.69) is 0 Å². The van der Waals surface area contributed by atoms with Gasteiger partial charge >= 0.3 is 0 Å². The third-order valence-corrected chi connectivity index (χ3v) is 2.61. The van der Waals surface area contributed by atoms with Gasteiger partial charge in [0.05, 0.1) is 0 Å². The molecule has 1 unspecified atom stereocenters. The first-order valence-corrected chi connectivity index (χ1v) is 5.77. The summed E-state index contributed by atoms with van der Waals surface area (Å²) in [7, 11) is 0. The molecule has 1 amide bonds. The van der Waals surface area contributed by atoms with E-state index in [1.165, 1.54) is 0 Å². The highest BCUT2D eigenvalue weighted by Crippen LogP contribution is 2.26. The number of hydrogen-bond donors (Lipinski definition) is 2. The molecule has 17 heavy (non-hydrogen) atoms. The summed E-state index contributed by atoms with van der Waals surface area (Å²) in [6.45, 7) is 5.73. The van der Waals surface area contributed by atoms with E-state index in [0.717, 1.165) is 11.1 Å². The summed E-state index contributed by atoms with van der Waals surface area (Å²) < 4.78 is 5.62. The van der Waals surface area contributed by atoms with Gasteiger partial charge in [0.25, 0.3) is 5.91 Å². The van der Waals surface area contributed by atoms with Crippen LogP contribution in [0.4, 0.5) is 0 Å². The lowest BCUT2D eigenvalue weighted by atomic mass is 10.0. The van der Waals surface area contributed by atoms with Crippen LogP contribution in [-0.4, -0.2) is 12.0 Å². The molecular formula is C13H20N2O2. The lowest BCUT2D eigenvalue weighted by Crippen LogP contribution is -2.33. The number of nitrogens with two attached hydrogens (primary N) is 2. The van der Waals surface area contributed by atoms with Crippen molar-refractivity contribution in [3.8, 4) is 5.75 Å². The van der Waals surface area contributed by atoms with Crippen molar-refractivity contribution in [2.75, 3.05) is 0 Å². The zero-order chi connectivity index (χ0) is 13.0. The van der Waals surface area contributed by atoms with Crippen LogP contribution < -0.4 is 16.2 Å². The van der Waals surface area contributed by atoms with E-state index in [1.807, 2.05) is 39.0 Å². The van der Waals surface area contributed by atoms with Gasteiger partial charge < -0.3 is 16.2 Å². The number of hydrogen-bond acceptors (Lipinski definition) is 3. The molecule has 4 N–H and O–H groups in total. The van der Waals surface area contributed by atoms with E-state index in [1.54, 1.807) is 0 Å². The molecule has 4 heteroatoms. The Morgan fingerprint density at radius 2 is 2.12 bits per heavy atom. The van der Waals surface area contributed by atoms with Crippen LogP contribution in [0.15, 0.2) is 18.2 Å². The second kappa shape index (κ2) is 5.68. The Balaban J connectivity index is 3.01. The number of primary amides is 1. The topological polar surface area (TPSA) is 78.3 Å². The smallest absolute Gasteiger partial charge is 0.258 e. The van der Waals surface area contributed by atoms with Crippen molar-refractivity contribution in [1.82, 2.24) is 0 Å². The highest BCUT2D eigenvalue weighted by atomic mass is 16.5. The van der Waals surface area contributed by atoms with Gasteiger partial charge in [-0.05, 0) is 26.3 Å². The summed E-state index contributed by atoms with van der Waals surface area (Å²) >= 11 is 0. The standard InChI is InChI=1S/C13H20N2O2/c1-4-11(13(15)16)17-12-6-5-8(2)7-10(12)9(3)14/h5-7,9,11H,4,14H2,1-3H3,(H2,15,16)/t9-,11?/m0/s1. The van der Waals surface area contributed by atoms with Crippen molar-refractivity contribution in [2.45, 2.75) is 39.3 Å². The largest absolute Gasteiger partial charge is 0.480 e. The average molecular weight is 236 g/mol. The molecule has 0 spiro atoms. The van der Waals surface area contributed by atoms with E-state index >= 15 is 0 Å². The summed E-state index contributed by atoms with van der Waals surface area (Å²) in [4.78, 5) is 11.1. The zero-order valence-electron chi connectivity index (χ0n) is 10.6. The second-order valence-corrected chi connectivity index (χ2v) is 4.25. The maximum Gasteiger partial charge on any atom is 0.258 e. The maximum atomic E-state index is 11.1. The minimum atomic E-state index is -0.602. The highest BCUT2D eigenvalue weighted by Gasteiger charge is 2.17. The molecule has 0 aromatic heterocycles. The lowest BCUT2D eigenvalue weighted by molar-refractivity contribution is -0.124. The minimum absolute atomic E-state index is 0.143. The van der Waals surface area contributed by atoms with Gasteiger partial charge in [-0.25, -0.2) is 0 Å². The Kier molecular flexibility index (Phi) is 4.52. The number of ether oxygens (including phenoxy) is 1. The summed E-state index contributed by atoms with van der Waals surface area (Å²) in [5.41, 5.74) is 13.1. The molecule has 0 saturated heterocycles. The molecular weight excluding hydrogens is 216 g/mol. The Morgan fingerprint density at radius 1 is 1.47 bits per heavy atom. The zero-order valence-corrected chi connectivity index (χ0v) is 10.6. The number of rotatable bonds is 5. The van der Waals surface area contributed by atoms with E-state index in [4.69, 9.17) is 16.2 Å². The number of carbonyl (C=O) groups is 1. The van der Waals surface area contributed by atoms with E-state index in [9.17, 15) is 4.79 Å². The van der Waals surface area contributed by atoms with Gasteiger partial charge in [0, 0.05) is 11.6 Å². The molecule has 0 radical (unpaired) electrons. The predicted octanol–water partition coefficient (Wildman–Crippen LogP) is 1.66. The molecule has 1 aromatic carbocycles. The predicted molar refractivity (Wildman–Crippen MR) is 67.7 cm³/mol. The second-order valence-electron chi connectivity index (χ2n) is 4.25. The summed E-state index contributed by atoms with van der Waals surface area (Å²) in [6, 6.07) is 5.58. The van der Waals surface area contributed by atoms with E-state index in [-0.39, 0.29) is 6.04 Å². The summed E-state index contributed by atoms with van der Waals surface area (Å²) in [5, 5.41) is 0. The van der Waals surface area contributed by atoms with Gasteiger partial charge in [-0.2, -0.15) is 0 Å². The van der Waals surface area contributed by atoms with Crippen LogP contribution in [0.5, 0.6) is 5.75 Å². The summed E-state index contributed by atoms with van der Waals surface area (Å²) in [5.74, 6) is 0.181. The molecule has 0 heterocycles. The van der Waals surface area contributed by atoms with Crippen LogP contribution in [0.1, 0.15) is 37.4 Å². The van der Waals surface area contributed by atoms with Gasteiger partial charge in [-0.1, -0.05) is 24.6 Å². The molecule has 0 aliphatic rings. The fraction of sp³-hybridized carbons (Fsp3) is 0.462. The molecule has 0 aliphatic carbocycles. The molecule has 0 bridgehead atoms. The van der Waals surface area contributed by atoms with Gasteiger partial charge in [0.2, 0.25) is 0 Å². The Labute approximate surface area is 102 Å². The number of carbonyl (C=O) groups excluding carboxylic acids is 1. The quantitative estimate of drug-likeness (QED) is 0.816. The van der Waals surface area contributed by atoms with E-state index < -0.39 is 12.0 Å². The third kappa shape index (κ3) is 3.46. The van der Waals surface area contributed by atoms with Gasteiger partial charge in [0.15, 0.2) is 6.10 Å². The van der Waals surface area contributed by atoms with Crippen LogP contribution in [-0.2, 0) is 4.79 Å². The number of benzene rings is 1. The normalized spacial score (nSPS) is 14.1. The van der Waals surface area contributed by atoms with Gasteiger partial charge in [0.1, 0.15) is 5.75 Å². The lowest BCUT2D eigenvalue weighted by Gasteiger charge is -2.19. The number of amides is 1. The van der Waals surface area contributed by atoms with Crippen LogP contribution >= 0.6 is 0 Å². The first kappa shape index (κ1) is 13.5.